The number of hydrogen-bond donors (Lipinski definition) is 1. The Bertz CT molecular complexity index is 221. The molecule has 80 valence electrons. The third kappa shape index (κ3) is 4.47. The zero-order chi connectivity index (χ0) is 10.2. The molecular weight excluding hydrogens is 212 g/mol. The van der Waals surface area contributed by atoms with E-state index in [1.54, 1.807) is 6.26 Å². The van der Waals surface area contributed by atoms with Gasteiger partial charge in [-0.1, -0.05) is 13.3 Å². The molecule has 0 saturated carbocycles. The van der Waals surface area contributed by atoms with Gasteiger partial charge in [0.1, 0.15) is 5.76 Å². The lowest BCUT2D eigenvalue weighted by Gasteiger charge is -2.11. The van der Waals surface area contributed by atoms with Crippen molar-refractivity contribution in [2.75, 3.05) is 11.5 Å². The third-order valence-electron chi connectivity index (χ3n) is 2.13. The van der Waals surface area contributed by atoms with Crippen molar-refractivity contribution in [2.45, 2.75) is 25.5 Å². The molecule has 1 aromatic rings. The fourth-order valence-electron chi connectivity index (χ4n) is 1.36. The average molecular weight is 230 g/mol. The molecule has 1 rings (SSSR count). The van der Waals surface area contributed by atoms with Gasteiger partial charge in [0.25, 0.3) is 0 Å². The fourth-order valence-corrected chi connectivity index (χ4v) is 2.94. The largest absolute Gasteiger partial charge is 0.468 e. The van der Waals surface area contributed by atoms with Crippen molar-refractivity contribution in [1.82, 2.24) is 0 Å². The molecule has 1 aromatic heterocycles. The number of furan rings is 1. The lowest BCUT2D eigenvalue weighted by molar-refractivity contribution is 0.529. The minimum absolute atomic E-state index is 0.753. The topological polar surface area (TPSA) is 13.1 Å². The normalized spacial score (nSPS) is 13.0. The van der Waals surface area contributed by atoms with Gasteiger partial charge in [0.2, 0.25) is 0 Å². The van der Waals surface area contributed by atoms with Gasteiger partial charge < -0.3 is 4.42 Å². The van der Waals surface area contributed by atoms with Gasteiger partial charge in [-0.3, -0.25) is 0 Å². The van der Waals surface area contributed by atoms with E-state index >= 15 is 0 Å². The molecule has 0 aliphatic carbocycles. The standard InChI is InChI=1S/C11H18OS2/c1-2-4-10(7-13)8-14-9-11-5-3-6-12-11/h3,5-6,10,13H,2,4,7-9H2,1H3. The highest BCUT2D eigenvalue weighted by molar-refractivity contribution is 7.98. The third-order valence-corrected chi connectivity index (χ3v) is 3.85. The predicted octanol–water partition coefficient (Wildman–Crippen LogP) is 3.86. The highest BCUT2D eigenvalue weighted by Crippen LogP contribution is 2.19. The van der Waals surface area contributed by atoms with Gasteiger partial charge in [-0.15, -0.1) is 0 Å². The average Bonchev–Trinajstić information content (AvgIpc) is 2.69. The van der Waals surface area contributed by atoms with Gasteiger partial charge in [0, 0.05) is 0 Å². The van der Waals surface area contributed by atoms with Crippen LogP contribution in [0.25, 0.3) is 0 Å². The summed E-state index contributed by atoms with van der Waals surface area (Å²) >= 11 is 6.30. The van der Waals surface area contributed by atoms with Crippen LogP contribution in [0.4, 0.5) is 0 Å². The minimum Gasteiger partial charge on any atom is -0.468 e. The summed E-state index contributed by atoms with van der Waals surface area (Å²) in [6.07, 6.45) is 4.28. The summed E-state index contributed by atoms with van der Waals surface area (Å²) in [5.74, 6) is 5.01. The molecular formula is C11H18OS2. The molecule has 1 unspecified atom stereocenters. The summed E-state index contributed by atoms with van der Waals surface area (Å²) in [6, 6.07) is 3.97. The molecule has 0 saturated heterocycles. The van der Waals surface area contributed by atoms with E-state index in [2.05, 4.69) is 19.6 Å². The van der Waals surface area contributed by atoms with Crippen molar-refractivity contribution in [1.29, 1.82) is 0 Å². The first kappa shape index (κ1) is 12.1. The Hall–Kier alpha value is -0.0200. The van der Waals surface area contributed by atoms with Gasteiger partial charge in [0.15, 0.2) is 0 Å². The highest BCUT2D eigenvalue weighted by atomic mass is 32.2. The van der Waals surface area contributed by atoms with Gasteiger partial charge in [0.05, 0.1) is 12.0 Å². The quantitative estimate of drug-likeness (QED) is 0.714. The molecule has 0 radical (unpaired) electrons. The molecule has 0 aliphatic rings. The van der Waals surface area contributed by atoms with Crippen molar-refractivity contribution < 1.29 is 4.42 Å². The van der Waals surface area contributed by atoms with Crippen molar-refractivity contribution in [3.05, 3.63) is 24.2 Å². The molecule has 0 bridgehead atoms. The SMILES string of the molecule is CCCC(CS)CSCc1ccco1. The van der Waals surface area contributed by atoms with Crippen LogP contribution in [0.3, 0.4) is 0 Å². The second-order valence-corrected chi connectivity index (χ2v) is 4.83. The monoisotopic (exact) mass is 230 g/mol. The number of rotatable bonds is 7. The first-order valence-electron chi connectivity index (χ1n) is 5.07. The zero-order valence-corrected chi connectivity index (χ0v) is 10.3. The van der Waals surface area contributed by atoms with Crippen LogP contribution < -0.4 is 0 Å². The van der Waals surface area contributed by atoms with Gasteiger partial charge >= 0.3 is 0 Å². The van der Waals surface area contributed by atoms with E-state index in [0.717, 1.165) is 23.2 Å². The minimum atomic E-state index is 0.753. The van der Waals surface area contributed by atoms with Crippen LogP contribution in [-0.2, 0) is 5.75 Å². The molecule has 1 atom stereocenters. The molecule has 0 amide bonds. The van der Waals surface area contributed by atoms with Crippen molar-refractivity contribution in [2.24, 2.45) is 5.92 Å². The van der Waals surface area contributed by atoms with E-state index in [9.17, 15) is 0 Å². The highest BCUT2D eigenvalue weighted by Gasteiger charge is 2.06. The summed E-state index contributed by atoms with van der Waals surface area (Å²) in [5, 5.41) is 0. The Morgan fingerprint density at radius 3 is 3.00 bits per heavy atom. The Labute approximate surface area is 96.1 Å². The molecule has 0 aliphatic heterocycles. The van der Waals surface area contributed by atoms with Crippen LogP contribution in [0.5, 0.6) is 0 Å². The summed E-state index contributed by atoms with van der Waals surface area (Å²) in [7, 11) is 0. The molecule has 1 nitrogen and oxygen atoms in total. The maximum Gasteiger partial charge on any atom is 0.113 e. The molecule has 14 heavy (non-hydrogen) atoms. The van der Waals surface area contributed by atoms with Crippen molar-refractivity contribution in [3.63, 3.8) is 0 Å². The van der Waals surface area contributed by atoms with E-state index in [1.165, 1.54) is 18.6 Å². The number of thioether (sulfide) groups is 1. The smallest absolute Gasteiger partial charge is 0.113 e. The predicted molar refractivity (Wildman–Crippen MR) is 67.1 cm³/mol. The molecule has 0 aromatic carbocycles. The first-order valence-corrected chi connectivity index (χ1v) is 6.86. The molecule has 3 heteroatoms. The Morgan fingerprint density at radius 1 is 1.57 bits per heavy atom. The molecule has 0 fully saturated rings. The van der Waals surface area contributed by atoms with Gasteiger partial charge in [-0.05, 0) is 36.0 Å². The first-order chi connectivity index (χ1) is 6.86. The summed E-state index contributed by atoms with van der Waals surface area (Å²) in [4.78, 5) is 0. The second kappa shape index (κ2) is 7.30. The molecule has 0 spiro atoms. The molecule has 0 N–H and O–H groups in total. The summed E-state index contributed by atoms with van der Waals surface area (Å²) < 4.78 is 5.27. The van der Waals surface area contributed by atoms with E-state index in [1.807, 2.05) is 23.9 Å². The van der Waals surface area contributed by atoms with Crippen LogP contribution in [0, 0.1) is 5.92 Å². The Balaban J connectivity index is 2.13. The zero-order valence-electron chi connectivity index (χ0n) is 8.61. The van der Waals surface area contributed by atoms with Crippen molar-refractivity contribution >= 4 is 24.4 Å². The maximum atomic E-state index is 5.27. The van der Waals surface area contributed by atoms with Crippen molar-refractivity contribution in [3.8, 4) is 0 Å². The Kier molecular flexibility index (Phi) is 6.28. The van der Waals surface area contributed by atoms with Crippen LogP contribution in [0.2, 0.25) is 0 Å². The van der Waals surface area contributed by atoms with Gasteiger partial charge in [-0.2, -0.15) is 24.4 Å². The van der Waals surface area contributed by atoms with E-state index < -0.39 is 0 Å². The number of thiol groups is 1. The van der Waals surface area contributed by atoms with Crippen LogP contribution in [0.1, 0.15) is 25.5 Å². The maximum absolute atomic E-state index is 5.27. The molecule has 1 heterocycles. The van der Waals surface area contributed by atoms with E-state index in [0.29, 0.717) is 0 Å². The number of hydrogen-bond acceptors (Lipinski definition) is 3. The Morgan fingerprint density at radius 2 is 2.43 bits per heavy atom. The van der Waals surface area contributed by atoms with Crippen LogP contribution in [0.15, 0.2) is 22.8 Å². The van der Waals surface area contributed by atoms with E-state index in [-0.39, 0.29) is 0 Å². The second-order valence-electron chi connectivity index (χ2n) is 3.43. The lowest BCUT2D eigenvalue weighted by Crippen LogP contribution is -2.05. The van der Waals surface area contributed by atoms with Crippen LogP contribution in [-0.4, -0.2) is 11.5 Å². The lowest BCUT2D eigenvalue weighted by atomic mass is 10.1. The van der Waals surface area contributed by atoms with Gasteiger partial charge in [-0.25, -0.2) is 0 Å². The summed E-state index contributed by atoms with van der Waals surface area (Å²) in [5.41, 5.74) is 0. The fraction of sp³-hybridized carbons (Fsp3) is 0.636. The summed E-state index contributed by atoms with van der Waals surface area (Å²) in [6.45, 7) is 2.23. The van der Waals surface area contributed by atoms with Crippen LogP contribution >= 0.6 is 24.4 Å². The van der Waals surface area contributed by atoms with E-state index in [4.69, 9.17) is 4.42 Å².